The number of hydrogen-bond donors (Lipinski definition) is 2. The molecule has 0 radical (unpaired) electrons. The van der Waals surface area contributed by atoms with E-state index in [1.165, 1.54) is 0 Å². The van der Waals surface area contributed by atoms with E-state index in [0.29, 0.717) is 12.1 Å². The fraction of sp³-hybridized carbons (Fsp3) is 1.00. The Hall–Kier alpha value is -0.160. The van der Waals surface area contributed by atoms with Gasteiger partial charge in [-0.1, -0.05) is 6.92 Å². The van der Waals surface area contributed by atoms with Gasteiger partial charge in [0.25, 0.3) is 0 Å². The van der Waals surface area contributed by atoms with Crippen molar-refractivity contribution < 1.29 is 9.84 Å². The zero-order valence-electron chi connectivity index (χ0n) is 10.1. The number of aliphatic hydroxyl groups is 1. The maximum Gasteiger partial charge on any atom is 0.0674 e. The maximum absolute atomic E-state index is 9.22. The van der Waals surface area contributed by atoms with Crippen LogP contribution in [0, 0.1) is 0 Å². The first-order chi connectivity index (χ1) is 7.17. The van der Waals surface area contributed by atoms with Crippen LogP contribution in [0.2, 0.25) is 0 Å². The van der Waals surface area contributed by atoms with E-state index in [4.69, 9.17) is 4.74 Å². The monoisotopic (exact) mass is 216 g/mol. The number of rotatable bonds is 5. The Morgan fingerprint density at radius 3 is 2.87 bits per heavy atom. The van der Waals surface area contributed by atoms with Crippen molar-refractivity contribution in [1.82, 2.24) is 10.2 Å². The van der Waals surface area contributed by atoms with Gasteiger partial charge in [0.2, 0.25) is 0 Å². The van der Waals surface area contributed by atoms with E-state index in [9.17, 15) is 5.11 Å². The zero-order valence-corrected chi connectivity index (χ0v) is 10.1. The van der Waals surface area contributed by atoms with Crippen molar-refractivity contribution in [2.24, 2.45) is 0 Å². The van der Waals surface area contributed by atoms with Crippen molar-refractivity contribution in [2.45, 2.75) is 39.0 Å². The lowest BCUT2D eigenvalue weighted by Crippen LogP contribution is -2.53. The Bertz CT molecular complexity index is 178. The summed E-state index contributed by atoms with van der Waals surface area (Å²) >= 11 is 0. The van der Waals surface area contributed by atoms with Gasteiger partial charge < -0.3 is 15.2 Å². The van der Waals surface area contributed by atoms with Gasteiger partial charge >= 0.3 is 0 Å². The number of likely N-dealkylation sites (N-methyl/N-ethyl adjacent to an activating group) is 1. The second-order valence-electron chi connectivity index (χ2n) is 4.38. The quantitative estimate of drug-likeness (QED) is 0.682. The highest BCUT2D eigenvalue weighted by Crippen LogP contribution is 2.11. The highest BCUT2D eigenvalue weighted by Gasteiger charge is 2.25. The lowest BCUT2D eigenvalue weighted by atomic mass is 10.1. The van der Waals surface area contributed by atoms with Crippen molar-refractivity contribution in [3.05, 3.63) is 0 Å². The molecular formula is C11H24N2O2. The van der Waals surface area contributed by atoms with Gasteiger partial charge in [0, 0.05) is 25.2 Å². The summed E-state index contributed by atoms with van der Waals surface area (Å²) in [6, 6.07) is 0.636. The first kappa shape index (κ1) is 12.9. The highest BCUT2D eigenvalue weighted by molar-refractivity contribution is 4.79. The van der Waals surface area contributed by atoms with E-state index < -0.39 is 0 Å². The van der Waals surface area contributed by atoms with Crippen LogP contribution in [0.5, 0.6) is 0 Å². The zero-order chi connectivity index (χ0) is 11.3. The normalized spacial score (nSPS) is 30.4. The molecule has 4 nitrogen and oxygen atoms in total. The molecule has 1 aliphatic rings. The molecule has 3 atom stereocenters. The van der Waals surface area contributed by atoms with Crippen molar-refractivity contribution in [3.63, 3.8) is 0 Å². The number of aliphatic hydroxyl groups excluding tert-OH is 1. The second kappa shape index (κ2) is 6.43. The predicted octanol–water partition coefficient (Wildman–Crippen LogP) is 0.0660. The third-order valence-corrected chi connectivity index (χ3v) is 2.90. The van der Waals surface area contributed by atoms with E-state index in [1.807, 2.05) is 0 Å². The van der Waals surface area contributed by atoms with Gasteiger partial charge in [0.15, 0.2) is 0 Å². The van der Waals surface area contributed by atoms with Crippen molar-refractivity contribution in [1.29, 1.82) is 0 Å². The van der Waals surface area contributed by atoms with Crippen LogP contribution in [0.25, 0.3) is 0 Å². The molecule has 3 unspecified atom stereocenters. The lowest BCUT2D eigenvalue weighted by molar-refractivity contribution is -0.0536. The Morgan fingerprint density at radius 2 is 2.27 bits per heavy atom. The molecular weight excluding hydrogens is 192 g/mol. The van der Waals surface area contributed by atoms with Gasteiger partial charge in [0.05, 0.1) is 19.3 Å². The van der Waals surface area contributed by atoms with Crippen molar-refractivity contribution in [2.75, 3.05) is 32.8 Å². The average molecular weight is 216 g/mol. The molecule has 0 aromatic carbocycles. The third kappa shape index (κ3) is 4.07. The highest BCUT2D eigenvalue weighted by atomic mass is 16.5. The lowest BCUT2D eigenvalue weighted by Gasteiger charge is -2.38. The molecule has 2 N–H and O–H groups in total. The largest absolute Gasteiger partial charge is 0.395 e. The molecule has 0 saturated carbocycles. The fourth-order valence-corrected chi connectivity index (χ4v) is 1.98. The van der Waals surface area contributed by atoms with Gasteiger partial charge in [-0.2, -0.15) is 0 Å². The minimum absolute atomic E-state index is 0.183. The third-order valence-electron chi connectivity index (χ3n) is 2.90. The first-order valence-corrected chi connectivity index (χ1v) is 5.87. The topological polar surface area (TPSA) is 44.7 Å². The molecule has 1 saturated heterocycles. The van der Waals surface area contributed by atoms with Crippen molar-refractivity contribution in [3.8, 4) is 0 Å². The van der Waals surface area contributed by atoms with E-state index >= 15 is 0 Å². The second-order valence-corrected chi connectivity index (χ2v) is 4.38. The van der Waals surface area contributed by atoms with E-state index in [1.54, 1.807) is 0 Å². The molecule has 0 aromatic rings. The Labute approximate surface area is 92.6 Å². The van der Waals surface area contributed by atoms with Crippen LogP contribution in [-0.4, -0.2) is 61.0 Å². The molecule has 0 amide bonds. The van der Waals surface area contributed by atoms with Crippen LogP contribution in [0.15, 0.2) is 0 Å². The SMILES string of the molecule is CCNC(CO)CN1CC(C)OCC1C. The first-order valence-electron chi connectivity index (χ1n) is 5.87. The molecule has 1 fully saturated rings. The molecule has 4 heteroatoms. The summed E-state index contributed by atoms with van der Waals surface area (Å²) in [5.41, 5.74) is 0. The number of hydrogen-bond acceptors (Lipinski definition) is 4. The summed E-state index contributed by atoms with van der Waals surface area (Å²) in [6.07, 6.45) is 0.308. The molecule has 0 aliphatic carbocycles. The minimum Gasteiger partial charge on any atom is -0.395 e. The standard InChI is InChI=1S/C11H24N2O2/c1-4-12-11(7-14)6-13-5-10(3)15-8-9(13)2/h9-12,14H,4-8H2,1-3H3. The molecule has 1 rings (SSSR count). The van der Waals surface area contributed by atoms with Crippen molar-refractivity contribution >= 4 is 0 Å². The van der Waals surface area contributed by atoms with E-state index in [0.717, 1.165) is 26.2 Å². The molecule has 15 heavy (non-hydrogen) atoms. The summed E-state index contributed by atoms with van der Waals surface area (Å²) in [6.45, 7) is 10.1. The average Bonchev–Trinajstić information content (AvgIpc) is 2.22. The maximum atomic E-state index is 9.22. The molecule has 0 bridgehead atoms. The molecule has 0 spiro atoms. The summed E-state index contributed by atoms with van der Waals surface area (Å²) < 4.78 is 5.57. The number of morpholine rings is 1. The van der Waals surface area contributed by atoms with Crippen LogP contribution < -0.4 is 5.32 Å². The van der Waals surface area contributed by atoms with E-state index in [2.05, 4.69) is 31.0 Å². The molecule has 90 valence electrons. The minimum atomic E-state index is 0.183. The van der Waals surface area contributed by atoms with Gasteiger partial charge in [-0.15, -0.1) is 0 Å². The van der Waals surface area contributed by atoms with E-state index in [-0.39, 0.29) is 12.6 Å². The molecule has 1 heterocycles. The van der Waals surface area contributed by atoms with Crippen LogP contribution in [0.3, 0.4) is 0 Å². The Kier molecular flexibility index (Phi) is 5.53. The number of nitrogens with zero attached hydrogens (tertiary/aromatic N) is 1. The molecule has 1 aliphatic heterocycles. The Morgan fingerprint density at radius 1 is 1.53 bits per heavy atom. The molecule has 0 aromatic heterocycles. The Balaban J connectivity index is 2.39. The summed E-state index contributed by atoms with van der Waals surface area (Å²) in [7, 11) is 0. The van der Waals surface area contributed by atoms with Gasteiger partial charge in [-0.3, -0.25) is 4.90 Å². The number of nitrogens with one attached hydrogen (secondary N) is 1. The predicted molar refractivity (Wildman–Crippen MR) is 61.0 cm³/mol. The van der Waals surface area contributed by atoms with Crippen LogP contribution in [0.4, 0.5) is 0 Å². The number of ether oxygens (including phenoxy) is 1. The van der Waals surface area contributed by atoms with Crippen LogP contribution in [0.1, 0.15) is 20.8 Å². The van der Waals surface area contributed by atoms with Crippen LogP contribution >= 0.6 is 0 Å². The van der Waals surface area contributed by atoms with Gasteiger partial charge in [0.1, 0.15) is 0 Å². The summed E-state index contributed by atoms with van der Waals surface area (Å²) in [5, 5.41) is 12.5. The summed E-state index contributed by atoms with van der Waals surface area (Å²) in [4.78, 5) is 2.39. The fourth-order valence-electron chi connectivity index (χ4n) is 1.98. The van der Waals surface area contributed by atoms with Crippen LogP contribution in [-0.2, 0) is 4.74 Å². The van der Waals surface area contributed by atoms with Gasteiger partial charge in [-0.25, -0.2) is 0 Å². The summed E-state index contributed by atoms with van der Waals surface area (Å²) in [5.74, 6) is 0. The van der Waals surface area contributed by atoms with Gasteiger partial charge in [-0.05, 0) is 20.4 Å². The smallest absolute Gasteiger partial charge is 0.0674 e.